The van der Waals surface area contributed by atoms with Crippen molar-refractivity contribution in [1.82, 2.24) is 4.90 Å². The van der Waals surface area contributed by atoms with E-state index >= 15 is 0 Å². The van der Waals surface area contributed by atoms with Crippen molar-refractivity contribution >= 4 is 0 Å². The summed E-state index contributed by atoms with van der Waals surface area (Å²) in [6.07, 6.45) is 10.5. The van der Waals surface area contributed by atoms with Crippen LogP contribution in [0, 0.1) is 5.92 Å². The molecule has 1 aliphatic heterocycles. The molecule has 3 aliphatic rings. The van der Waals surface area contributed by atoms with E-state index in [1.54, 1.807) is 0 Å². The van der Waals surface area contributed by atoms with Crippen LogP contribution in [-0.2, 0) is 0 Å². The van der Waals surface area contributed by atoms with Crippen LogP contribution in [0.4, 0.5) is 0 Å². The highest BCUT2D eigenvalue weighted by atomic mass is 16.3. The van der Waals surface area contributed by atoms with Crippen LogP contribution in [0.3, 0.4) is 0 Å². The third-order valence-electron chi connectivity index (χ3n) is 4.90. The average molecular weight is 209 g/mol. The van der Waals surface area contributed by atoms with E-state index in [4.69, 9.17) is 0 Å². The second-order valence-electron chi connectivity index (χ2n) is 5.76. The second-order valence-corrected chi connectivity index (χ2v) is 5.76. The van der Waals surface area contributed by atoms with Crippen LogP contribution in [0.1, 0.15) is 51.4 Å². The predicted octanol–water partition coefficient (Wildman–Crippen LogP) is 2.16. The summed E-state index contributed by atoms with van der Waals surface area (Å²) in [5.74, 6) is 0.997. The lowest BCUT2D eigenvalue weighted by molar-refractivity contribution is 0.117. The molecule has 2 saturated carbocycles. The van der Waals surface area contributed by atoms with E-state index in [1.165, 1.54) is 45.1 Å². The van der Waals surface area contributed by atoms with Crippen molar-refractivity contribution < 1.29 is 5.11 Å². The lowest BCUT2D eigenvalue weighted by Gasteiger charge is -2.35. The molecule has 0 amide bonds. The Morgan fingerprint density at radius 1 is 0.933 bits per heavy atom. The van der Waals surface area contributed by atoms with Gasteiger partial charge in [-0.2, -0.15) is 0 Å². The quantitative estimate of drug-likeness (QED) is 0.715. The maximum Gasteiger partial charge on any atom is 0.0555 e. The first-order valence-corrected chi connectivity index (χ1v) is 6.78. The molecule has 2 heteroatoms. The molecule has 4 atom stereocenters. The molecule has 2 nitrogen and oxygen atoms in total. The first-order valence-electron chi connectivity index (χ1n) is 6.78. The normalized spacial score (nSPS) is 47.0. The Bertz CT molecular complexity index is 231. The fourth-order valence-corrected chi connectivity index (χ4v) is 4.13. The molecule has 0 aromatic rings. The maximum absolute atomic E-state index is 9.63. The number of hydrogen-bond donors (Lipinski definition) is 1. The van der Waals surface area contributed by atoms with Crippen LogP contribution < -0.4 is 0 Å². The van der Waals surface area contributed by atoms with E-state index in [0.717, 1.165) is 24.8 Å². The summed E-state index contributed by atoms with van der Waals surface area (Å²) in [5, 5.41) is 9.63. The van der Waals surface area contributed by atoms with E-state index < -0.39 is 0 Å². The van der Waals surface area contributed by atoms with Gasteiger partial charge in [0.25, 0.3) is 0 Å². The fraction of sp³-hybridized carbons (Fsp3) is 1.00. The van der Waals surface area contributed by atoms with E-state index in [-0.39, 0.29) is 6.10 Å². The van der Waals surface area contributed by atoms with Gasteiger partial charge in [0.05, 0.1) is 6.10 Å². The molecule has 0 aromatic carbocycles. The predicted molar refractivity (Wildman–Crippen MR) is 60.7 cm³/mol. The largest absolute Gasteiger partial charge is 0.393 e. The minimum atomic E-state index is -0.00218. The van der Waals surface area contributed by atoms with E-state index in [2.05, 4.69) is 4.90 Å². The van der Waals surface area contributed by atoms with Crippen LogP contribution >= 0.6 is 0 Å². The van der Waals surface area contributed by atoms with Crippen LogP contribution in [0.25, 0.3) is 0 Å². The molecule has 0 spiro atoms. The molecule has 0 aromatic heterocycles. The van der Waals surface area contributed by atoms with Gasteiger partial charge in [-0.25, -0.2) is 0 Å². The van der Waals surface area contributed by atoms with Gasteiger partial charge < -0.3 is 5.11 Å². The summed E-state index contributed by atoms with van der Waals surface area (Å²) in [6.45, 7) is 1.31. The average Bonchev–Trinajstić information content (AvgIpc) is 2.83. The van der Waals surface area contributed by atoms with Crippen LogP contribution in [0.15, 0.2) is 0 Å². The molecule has 0 radical (unpaired) electrons. The van der Waals surface area contributed by atoms with Crippen molar-refractivity contribution in [3.05, 3.63) is 0 Å². The minimum absolute atomic E-state index is 0.00218. The van der Waals surface area contributed by atoms with Gasteiger partial charge in [-0.15, -0.1) is 0 Å². The monoisotopic (exact) mass is 209 g/mol. The zero-order valence-corrected chi connectivity index (χ0v) is 9.57. The Balaban J connectivity index is 1.66. The second kappa shape index (κ2) is 4.06. The van der Waals surface area contributed by atoms with Crippen molar-refractivity contribution in [2.24, 2.45) is 5.92 Å². The summed E-state index contributed by atoms with van der Waals surface area (Å²) < 4.78 is 0. The van der Waals surface area contributed by atoms with Crippen LogP contribution in [0.2, 0.25) is 0 Å². The van der Waals surface area contributed by atoms with Gasteiger partial charge >= 0.3 is 0 Å². The lowest BCUT2D eigenvalue weighted by Crippen LogP contribution is -2.41. The highest BCUT2D eigenvalue weighted by molar-refractivity contribution is 4.95. The van der Waals surface area contributed by atoms with Gasteiger partial charge in [0.15, 0.2) is 0 Å². The Labute approximate surface area is 92.7 Å². The minimum Gasteiger partial charge on any atom is -0.393 e. The summed E-state index contributed by atoms with van der Waals surface area (Å²) in [7, 11) is 0. The van der Waals surface area contributed by atoms with Crippen molar-refractivity contribution in [2.45, 2.75) is 69.6 Å². The van der Waals surface area contributed by atoms with E-state index in [9.17, 15) is 5.11 Å². The van der Waals surface area contributed by atoms with Gasteiger partial charge in [-0.05, 0) is 51.0 Å². The Hall–Kier alpha value is -0.0800. The van der Waals surface area contributed by atoms with Crippen molar-refractivity contribution in [1.29, 1.82) is 0 Å². The summed E-state index contributed by atoms with van der Waals surface area (Å²) in [6, 6.07) is 1.60. The molecular weight excluding hydrogens is 186 g/mol. The van der Waals surface area contributed by atoms with Gasteiger partial charge in [-0.3, -0.25) is 4.90 Å². The number of likely N-dealkylation sites (tertiary alicyclic amines) is 1. The molecule has 4 unspecified atom stereocenters. The molecule has 3 fully saturated rings. The van der Waals surface area contributed by atoms with Crippen molar-refractivity contribution in [3.63, 3.8) is 0 Å². The molecule has 15 heavy (non-hydrogen) atoms. The van der Waals surface area contributed by atoms with Gasteiger partial charge in [0.1, 0.15) is 0 Å². The number of nitrogens with zero attached hydrogens (tertiary/aromatic N) is 1. The Morgan fingerprint density at radius 3 is 2.60 bits per heavy atom. The number of hydrogen-bond acceptors (Lipinski definition) is 2. The van der Waals surface area contributed by atoms with E-state index in [0.29, 0.717) is 6.04 Å². The van der Waals surface area contributed by atoms with Crippen molar-refractivity contribution in [2.75, 3.05) is 6.54 Å². The molecule has 1 N–H and O–H groups in total. The molecule has 3 rings (SSSR count). The van der Waals surface area contributed by atoms with Gasteiger partial charge in [0.2, 0.25) is 0 Å². The third-order valence-corrected chi connectivity index (χ3v) is 4.90. The smallest absolute Gasteiger partial charge is 0.0555 e. The highest BCUT2D eigenvalue weighted by Gasteiger charge is 2.40. The first-order chi connectivity index (χ1) is 7.34. The van der Waals surface area contributed by atoms with Gasteiger partial charge in [0, 0.05) is 12.1 Å². The number of rotatable bonds is 1. The topological polar surface area (TPSA) is 23.5 Å². The number of aliphatic hydroxyl groups excluding tert-OH is 1. The maximum atomic E-state index is 9.63. The zero-order chi connectivity index (χ0) is 10.3. The van der Waals surface area contributed by atoms with E-state index in [1.807, 2.05) is 0 Å². The molecular formula is C13H23NO. The summed E-state index contributed by atoms with van der Waals surface area (Å²) >= 11 is 0. The van der Waals surface area contributed by atoms with Crippen LogP contribution in [0.5, 0.6) is 0 Å². The molecule has 0 bridgehead atoms. The van der Waals surface area contributed by atoms with Gasteiger partial charge in [-0.1, -0.05) is 12.8 Å². The SMILES string of the molecule is OC1CCC(N2CCC3CCCCC32)C1. The fourth-order valence-electron chi connectivity index (χ4n) is 4.13. The number of aliphatic hydroxyl groups is 1. The number of fused-ring (bicyclic) bond motifs is 1. The summed E-state index contributed by atoms with van der Waals surface area (Å²) in [4.78, 5) is 2.75. The highest BCUT2D eigenvalue weighted by Crippen LogP contribution is 2.40. The Kier molecular flexibility index (Phi) is 2.73. The van der Waals surface area contributed by atoms with Crippen LogP contribution in [-0.4, -0.2) is 34.7 Å². The molecule has 1 saturated heterocycles. The standard InChI is InChI=1S/C13H23NO/c15-12-6-5-11(9-12)14-8-7-10-3-1-2-4-13(10)14/h10-13,15H,1-9H2. The zero-order valence-electron chi connectivity index (χ0n) is 9.57. The Morgan fingerprint density at radius 2 is 1.80 bits per heavy atom. The summed E-state index contributed by atoms with van der Waals surface area (Å²) in [5.41, 5.74) is 0. The molecule has 1 heterocycles. The third kappa shape index (κ3) is 1.83. The van der Waals surface area contributed by atoms with Crippen molar-refractivity contribution in [3.8, 4) is 0 Å². The molecule has 2 aliphatic carbocycles. The first kappa shape index (κ1) is 10.1. The lowest BCUT2D eigenvalue weighted by atomic mass is 9.85. The molecule has 86 valence electrons.